The van der Waals surface area contributed by atoms with Gasteiger partial charge in [0.25, 0.3) is 0 Å². The van der Waals surface area contributed by atoms with Crippen molar-refractivity contribution in [1.82, 2.24) is 0 Å². The molecule has 1 aliphatic heterocycles. The quantitative estimate of drug-likeness (QED) is 0.854. The Morgan fingerprint density at radius 2 is 2.11 bits per heavy atom. The van der Waals surface area contributed by atoms with E-state index in [1.807, 2.05) is 24.3 Å². The largest absolute Gasteiger partial charge is 0.325 e. The lowest BCUT2D eigenvalue weighted by Gasteiger charge is -2.20. The van der Waals surface area contributed by atoms with Crippen LogP contribution in [-0.2, 0) is 11.2 Å². The van der Waals surface area contributed by atoms with Gasteiger partial charge in [-0.2, -0.15) is 0 Å². The standard InChI is InChI=1S/C14H18ClNOS/c15-9-8-11-4-6-12(7-5-11)16-14(17)13-3-1-2-10-18-13/h4-7,13H,1-3,8-10H2,(H,16,17). The van der Waals surface area contributed by atoms with Gasteiger partial charge < -0.3 is 5.32 Å². The second kappa shape index (κ2) is 7.05. The van der Waals surface area contributed by atoms with Crippen molar-refractivity contribution in [1.29, 1.82) is 0 Å². The van der Waals surface area contributed by atoms with Crippen LogP contribution in [0.4, 0.5) is 5.69 Å². The number of amides is 1. The summed E-state index contributed by atoms with van der Waals surface area (Å²) < 4.78 is 0. The molecule has 1 N–H and O–H groups in total. The average Bonchev–Trinajstić information content (AvgIpc) is 2.42. The van der Waals surface area contributed by atoms with Crippen molar-refractivity contribution in [2.75, 3.05) is 16.9 Å². The summed E-state index contributed by atoms with van der Waals surface area (Å²) in [6, 6.07) is 7.94. The topological polar surface area (TPSA) is 29.1 Å². The van der Waals surface area contributed by atoms with E-state index >= 15 is 0 Å². The first kappa shape index (κ1) is 13.8. The molecule has 98 valence electrons. The Kier molecular flexibility index (Phi) is 5.39. The van der Waals surface area contributed by atoms with Gasteiger partial charge in [-0.25, -0.2) is 0 Å². The predicted octanol–water partition coefficient (Wildman–Crippen LogP) is 3.69. The minimum atomic E-state index is 0.126. The van der Waals surface area contributed by atoms with E-state index in [2.05, 4.69) is 5.32 Å². The molecule has 4 heteroatoms. The maximum atomic E-state index is 12.0. The Morgan fingerprint density at radius 1 is 1.33 bits per heavy atom. The number of nitrogens with one attached hydrogen (secondary N) is 1. The molecule has 1 amide bonds. The lowest BCUT2D eigenvalue weighted by atomic mass is 10.1. The number of hydrogen-bond acceptors (Lipinski definition) is 2. The Labute approximate surface area is 117 Å². The van der Waals surface area contributed by atoms with Crippen LogP contribution >= 0.6 is 23.4 Å². The zero-order valence-corrected chi connectivity index (χ0v) is 11.9. The molecule has 0 radical (unpaired) electrons. The first-order valence-electron chi connectivity index (χ1n) is 6.37. The van der Waals surface area contributed by atoms with E-state index in [0.29, 0.717) is 5.88 Å². The third-order valence-corrected chi connectivity index (χ3v) is 4.64. The van der Waals surface area contributed by atoms with E-state index in [9.17, 15) is 4.79 Å². The van der Waals surface area contributed by atoms with E-state index in [1.165, 1.54) is 18.4 Å². The minimum absolute atomic E-state index is 0.126. The molecular weight excluding hydrogens is 266 g/mol. The molecule has 1 heterocycles. The fourth-order valence-corrected chi connectivity index (χ4v) is 3.45. The number of halogens is 1. The smallest absolute Gasteiger partial charge is 0.237 e. The van der Waals surface area contributed by atoms with Crippen LogP contribution in [-0.4, -0.2) is 22.8 Å². The van der Waals surface area contributed by atoms with Crippen molar-refractivity contribution < 1.29 is 4.79 Å². The Balaban J connectivity index is 1.89. The highest BCUT2D eigenvalue weighted by molar-refractivity contribution is 8.00. The molecule has 1 aromatic carbocycles. The summed E-state index contributed by atoms with van der Waals surface area (Å²) in [6.45, 7) is 0. The Morgan fingerprint density at radius 3 is 2.72 bits per heavy atom. The summed E-state index contributed by atoms with van der Waals surface area (Å²) in [5.41, 5.74) is 2.08. The number of hydrogen-bond donors (Lipinski definition) is 1. The molecule has 1 saturated heterocycles. The molecule has 2 rings (SSSR count). The second-order valence-electron chi connectivity index (χ2n) is 4.48. The van der Waals surface area contributed by atoms with E-state index < -0.39 is 0 Å². The summed E-state index contributed by atoms with van der Waals surface area (Å²) in [4.78, 5) is 12.0. The molecule has 1 unspecified atom stereocenters. The number of thioether (sulfide) groups is 1. The SMILES string of the molecule is O=C(Nc1ccc(CCCl)cc1)C1CCCCS1. The van der Waals surface area contributed by atoms with Crippen LogP contribution < -0.4 is 5.32 Å². The van der Waals surface area contributed by atoms with Gasteiger partial charge in [-0.05, 0) is 42.7 Å². The molecule has 0 aromatic heterocycles. The van der Waals surface area contributed by atoms with Crippen LogP contribution in [0.2, 0.25) is 0 Å². The van der Waals surface area contributed by atoms with Crippen molar-refractivity contribution in [2.24, 2.45) is 0 Å². The van der Waals surface area contributed by atoms with Crippen molar-refractivity contribution >= 4 is 35.0 Å². The summed E-state index contributed by atoms with van der Waals surface area (Å²) in [6.07, 6.45) is 4.27. The van der Waals surface area contributed by atoms with Crippen LogP contribution in [0.3, 0.4) is 0 Å². The van der Waals surface area contributed by atoms with Gasteiger partial charge in [0.05, 0.1) is 5.25 Å². The first-order chi connectivity index (χ1) is 8.79. The van der Waals surface area contributed by atoms with E-state index in [0.717, 1.165) is 24.3 Å². The molecule has 18 heavy (non-hydrogen) atoms. The number of carbonyl (C=O) groups is 1. The number of aryl methyl sites for hydroxylation is 1. The highest BCUT2D eigenvalue weighted by Gasteiger charge is 2.21. The number of benzene rings is 1. The van der Waals surface area contributed by atoms with Gasteiger partial charge in [0, 0.05) is 11.6 Å². The predicted molar refractivity (Wildman–Crippen MR) is 79.6 cm³/mol. The van der Waals surface area contributed by atoms with E-state index in [-0.39, 0.29) is 11.2 Å². The zero-order valence-electron chi connectivity index (χ0n) is 10.3. The molecule has 0 aliphatic carbocycles. The normalized spacial score (nSPS) is 19.5. The molecule has 0 bridgehead atoms. The van der Waals surface area contributed by atoms with Gasteiger partial charge in [0.15, 0.2) is 0 Å². The second-order valence-corrected chi connectivity index (χ2v) is 6.17. The summed E-state index contributed by atoms with van der Waals surface area (Å²) in [5, 5.41) is 3.11. The van der Waals surface area contributed by atoms with E-state index in [4.69, 9.17) is 11.6 Å². The summed E-state index contributed by atoms with van der Waals surface area (Å²) in [7, 11) is 0. The third kappa shape index (κ3) is 3.92. The van der Waals surface area contributed by atoms with Crippen LogP contribution in [0.25, 0.3) is 0 Å². The highest BCUT2D eigenvalue weighted by Crippen LogP contribution is 2.26. The van der Waals surface area contributed by atoms with Crippen LogP contribution in [0.5, 0.6) is 0 Å². The maximum Gasteiger partial charge on any atom is 0.237 e. The molecule has 1 aromatic rings. The Bertz CT molecular complexity index is 387. The fraction of sp³-hybridized carbons (Fsp3) is 0.500. The first-order valence-corrected chi connectivity index (χ1v) is 7.95. The van der Waals surface area contributed by atoms with E-state index in [1.54, 1.807) is 11.8 Å². The van der Waals surface area contributed by atoms with Crippen LogP contribution in [0.15, 0.2) is 24.3 Å². The van der Waals surface area contributed by atoms with Crippen molar-refractivity contribution in [3.8, 4) is 0 Å². The maximum absolute atomic E-state index is 12.0. The molecule has 2 nitrogen and oxygen atoms in total. The average molecular weight is 284 g/mol. The molecule has 1 aliphatic rings. The van der Waals surface area contributed by atoms with Gasteiger partial charge in [0.2, 0.25) is 5.91 Å². The van der Waals surface area contributed by atoms with Gasteiger partial charge in [-0.1, -0.05) is 18.6 Å². The van der Waals surface area contributed by atoms with Gasteiger partial charge >= 0.3 is 0 Å². The van der Waals surface area contributed by atoms with Gasteiger partial charge in [-0.3, -0.25) is 4.79 Å². The molecule has 1 atom stereocenters. The van der Waals surface area contributed by atoms with Gasteiger partial charge in [-0.15, -0.1) is 23.4 Å². The monoisotopic (exact) mass is 283 g/mol. The molecule has 0 spiro atoms. The fourth-order valence-electron chi connectivity index (χ4n) is 2.03. The molecular formula is C14H18ClNOS. The van der Waals surface area contributed by atoms with Crippen molar-refractivity contribution in [2.45, 2.75) is 30.9 Å². The Hall–Kier alpha value is -0.670. The number of carbonyl (C=O) groups excluding carboxylic acids is 1. The number of anilines is 1. The highest BCUT2D eigenvalue weighted by atomic mass is 35.5. The minimum Gasteiger partial charge on any atom is -0.325 e. The van der Waals surface area contributed by atoms with Crippen molar-refractivity contribution in [3.63, 3.8) is 0 Å². The molecule has 1 fully saturated rings. The number of alkyl halides is 1. The summed E-state index contributed by atoms with van der Waals surface area (Å²) >= 11 is 7.46. The zero-order chi connectivity index (χ0) is 12.8. The number of rotatable bonds is 4. The third-order valence-electron chi connectivity index (χ3n) is 3.08. The van der Waals surface area contributed by atoms with Crippen LogP contribution in [0.1, 0.15) is 24.8 Å². The lowest BCUT2D eigenvalue weighted by Crippen LogP contribution is -2.27. The summed E-state index contributed by atoms with van der Waals surface area (Å²) in [5.74, 6) is 1.88. The van der Waals surface area contributed by atoms with Crippen molar-refractivity contribution in [3.05, 3.63) is 29.8 Å². The van der Waals surface area contributed by atoms with Gasteiger partial charge in [0.1, 0.15) is 0 Å². The van der Waals surface area contributed by atoms with Crippen LogP contribution in [0, 0.1) is 0 Å². The molecule has 0 saturated carbocycles. The lowest BCUT2D eigenvalue weighted by molar-refractivity contribution is -0.115.